The summed E-state index contributed by atoms with van der Waals surface area (Å²) in [5.74, 6) is 0. The Balaban J connectivity index is 2.12. The topological polar surface area (TPSA) is 66.4 Å². The molecule has 19 heavy (non-hydrogen) atoms. The van der Waals surface area contributed by atoms with Crippen LogP contribution < -0.4 is 4.72 Å². The third-order valence-electron chi connectivity index (χ3n) is 3.68. The summed E-state index contributed by atoms with van der Waals surface area (Å²) in [5, 5.41) is 9.83. The number of sulfonamides is 1. The van der Waals surface area contributed by atoms with Gasteiger partial charge in [-0.15, -0.1) is 0 Å². The number of rotatable bonds is 4. The van der Waals surface area contributed by atoms with Crippen LogP contribution in [-0.2, 0) is 16.4 Å². The molecule has 0 heterocycles. The van der Waals surface area contributed by atoms with Crippen molar-refractivity contribution in [2.75, 3.05) is 0 Å². The second-order valence-corrected chi connectivity index (χ2v) is 6.79. The quantitative estimate of drug-likeness (QED) is 0.886. The van der Waals surface area contributed by atoms with Crippen LogP contribution in [0.2, 0.25) is 0 Å². The number of hydrogen-bond acceptors (Lipinski definition) is 3. The SMILES string of the molecule is CCc1ccc(S(=O)(=O)N[C@H]2CCCC[C@@H]2O)cc1. The molecule has 1 fully saturated rings. The van der Waals surface area contributed by atoms with Crippen molar-refractivity contribution in [2.24, 2.45) is 0 Å². The second kappa shape index (κ2) is 6.03. The van der Waals surface area contributed by atoms with Gasteiger partial charge >= 0.3 is 0 Å². The van der Waals surface area contributed by atoms with E-state index in [9.17, 15) is 13.5 Å². The van der Waals surface area contributed by atoms with E-state index < -0.39 is 16.1 Å². The molecule has 1 aliphatic carbocycles. The molecule has 0 amide bonds. The number of aliphatic hydroxyl groups excluding tert-OH is 1. The van der Waals surface area contributed by atoms with E-state index in [1.807, 2.05) is 19.1 Å². The first kappa shape index (κ1) is 14.5. The molecule has 0 saturated heterocycles. The minimum atomic E-state index is -3.53. The van der Waals surface area contributed by atoms with Crippen molar-refractivity contribution in [2.45, 2.75) is 56.1 Å². The molecule has 2 N–H and O–H groups in total. The van der Waals surface area contributed by atoms with Crippen LogP contribution in [0.5, 0.6) is 0 Å². The highest BCUT2D eigenvalue weighted by Gasteiger charge is 2.27. The Bertz CT molecular complexity index is 510. The second-order valence-electron chi connectivity index (χ2n) is 5.08. The Morgan fingerprint density at radius 2 is 1.84 bits per heavy atom. The minimum absolute atomic E-state index is 0.266. The summed E-state index contributed by atoms with van der Waals surface area (Å²) in [5.41, 5.74) is 1.11. The summed E-state index contributed by atoms with van der Waals surface area (Å²) in [6, 6.07) is 6.54. The van der Waals surface area contributed by atoms with Gasteiger partial charge < -0.3 is 5.11 Å². The van der Waals surface area contributed by atoms with Crippen molar-refractivity contribution < 1.29 is 13.5 Å². The van der Waals surface area contributed by atoms with E-state index in [1.165, 1.54) is 0 Å². The van der Waals surface area contributed by atoms with Crippen LogP contribution in [0.15, 0.2) is 29.2 Å². The van der Waals surface area contributed by atoms with Crippen molar-refractivity contribution in [3.63, 3.8) is 0 Å². The molecule has 106 valence electrons. The van der Waals surface area contributed by atoms with Crippen molar-refractivity contribution in [3.05, 3.63) is 29.8 Å². The summed E-state index contributed by atoms with van der Waals surface area (Å²) in [4.78, 5) is 0.266. The Kier molecular flexibility index (Phi) is 4.60. The van der Waals surface area contributed by atoms with Crippen LogP contribution in [0.4, 0.5) is 0 Å². The van der Waals surface area contributed by atoms with Crippen LogP contribution in [0.1, 0.15) is 38.2 Å². The monoisotopic (exact) mass is 283 g/mol. The lowest BCUT2D eigenvalue weighted by Crippen LogP contribution is -2.44. The van der Waals surface area contributed by atoms with Gasteiger partial charge in [0.25, 0.3) is 0 Å². The van der Waals surface area contributed by atoms with Crippen LogP contribution in [0.25, 0.3) is 0 Å². The average Bonchev–Trinajstić information content (AvgIpc) is 2.41. The summed E-state index contributed by atoms with van der Waals surface area (Å²) in [6.45, 7) is 2.03. The lowest BCUT2D eigenvalue weighted by atomic mass is 9.93. The highest BCUT2D eigenvalue weighted by Crippen LogP contribution is 2.20. The Morgan fingerprint density at radius 1 is 1.21 bits per heavy atom. The normalized spacial score (nSPS) is 24.3. The molecule has 1 saturated carbocycles. The van der Waals surface area contributed by atoms with Gasteiger partial charge in [-0.05, 0) is 37.0 Å². The summed E-state index contributed by atoms with van der Waals surface area (Å²) >= 11 is 0. The maximum Gasteiger partial charge on any atom is 0.240 e. The smallest absolute Gasteiger partial charge is 0.240 e. The van der Waals surface area contributed by atoms with Gasteiger partial charge in [0.1, 0.15) is 0 Å². The highest BCUT2D eigenvalue weighted by atomic mass is 32.2. The maximum absolute atomic E-state index is 12.2. The van der Waals surface area contributed by atoms with Crippen molar-refractivity contribution >= 4 is 10.0 Å². The van der Waals surface area contributed by atoms with E-state index in [1.54, 1.807) is 12.1 Å². The molecular weight excluding hydrogens is 262 g/mol. The Labute approximate surface area is 114 Å². The van der Waals surface area contributed by atoms with Gasteiger partial charge in [-0.25, -0.2) is 13.1 Å². The fraction of sp³-hybridized carbons (Fsp3) is 0.571. The summed E-state index contributed by atoms with van der Waals surface area (Å²) in [6.07, 6.45) is 3.60. The third kappa shape index (κ3) is 3.55. The Hall–Kier alpha value is -0.910. The van der Waals surface area contributed by atoms with Crippen LogP contribution in [0, 0.1) is 0 Å². The predicted octanol–water partition coefficient (Wildman–Crippen LogP) is 1.83. The summed E-state index contributed by atoms with van der Waals surface area (Å²) < 4.78 is 27.1. The molecule has 0 aliphatic heterocycles. The average molecular weight is 283 g/mol. The molecule has 0 unspecified atom stereocenters. The zero-order valence-corrected chi connectivity index (χ0v) is 12.0. The van der Waals surface area contributed by atoms with E-state index in [2.05, 4.69) is 4.72 Å². The fourth-order valence-corrected chi connectivity index (χ4v) is 3.72. The number of hydrogen-bond donors (Lipinski definition) is 2. The first-order chi connectivity index (χ1) is 9.03. The Morgan fingerprint density at radius 3 is 2.42 bits per heavy atom. The highest BCUT2D eigenvalue weighted by molar-refractivity contribution is 7.89. The van der Waals surface area contributed by atoms with Crippen LogP contribution >= 0.6 is 0 Å². The molecule has 1 aliphatic rings. The molecule has 1 aromatic rings. The molecule has 2 rings (SSSR count). The van der Waals surface area contributed by atoms with E-state index in [4.69, 9.17) is 0 Å². The summed E-state index contributed by atoms with van der Waals surface area (Å²) in [7, 11) is -3.53. The van der Waals surface area contributed by atoms with Crippen molar-refractivity contribution in [1.82, 2.24) is 4.72 Å². The molecule has 0 aromatic heterocycles. The van der Waals surface area contributed by atoms with E-state index in [-0.39, 0.29) is 10.9 Å². The zero-order valence-electron chi connectivity index (χ0n) is 11.2. The molecule has 2 atom stereocenters. The first-order valence-electron chi connectivity index (χ1n) is 6.82. The lowest BCUT2D eigenvalue weighted by Gasteiger charge is -2.28. The van der Waals surface area contributed by atoms with Gasteiger partial charge in [0, 0.05) is 6.04 Å². The van der Waals surface area contributed by atoms with E-state index >= 15 is 0 Å². The van der Waals surface area contributed by atoms with Gasteiger partial charge in [0.2, 0.25) is 10.0 Å². The molecule has 0 bridgehead atoms. The van der Waals surface area contributed by atoms with Gasteiger partial charge in [-0.1, -0.05) is 31.9 Å². The lowest BCUT2D eigenvalue weighted by molar-refractivity contribution is 0.101. The van der Waals surface area contributed by atoms with Crippen molar-refractivity contribution in [1.29, 1.82) is 0 Å². The number of nitrogens with one attached hydrogen (secondary N) is 1. The van der Waals surface area contributed by atoms with Gasteiger partial charge in [0.15, 0.2) is 0 Å². The van der Waals surface area contributed by atoms with Gasteiger partial charge in [-0.3, -0.25) is 0 Å². The molecule has 5 heteroatoms. The molecule has 1 aromatic carbocycles. The third-order valence-corrected chi connectivity index (χ3v) is 5.18. The number of aryl methyl sites for hydroxylation is 1. The number of benzene rings is 1. The minimum Gasteiger partial charge on any atom is -0.391 e. The molecule has 0 radical (unpaired) electrons. The predicted molar refractivity (Wildman–Crippen MR) is 74.4 cm³/mol. The van der Waals surface area contributed by atoms with E-state index in [0.29, 0.717) is 12.8 Å². The van der Waals surface area contributed by atoms with Crippen molar-refractivity contribution in [3.8, 4) is 0 Å². The van der Waals surface area contributed by atoms with Gasteiger partial charge in [0.05, 0.1) is 11.0 Å². The molecular formula is C14H21NO3S. The largest absolute Gasteiger partial charge is 0.391 e. The van der Waals surface area contributed by atoms with Crippen LogP contribution in [-0.4, -0.2) is 25.7 Å². The van der Waals surface area contributed by atoms with Gasteiger partial charge in [-0.2, -0.15) is 0 Å². The maximum atomic E-state index is 12.2. The first-order valence-corrected chi connectivity index (χ1v) is 8.30. The zero-order chi connectivity index (χ0) is 13.9. The van der Waals surface area contributed by atoms with E-state index in [0.717, 1.165) is 24.8 Å². The molecule has 4 nitrogen and oxygen atoms in total. The fourth-order valence-electron chi connectivity index (χ4n) is 2.42. The standard InChI is InChI=1S/C14H21NO3S/c1-2-11-7-9-12(10-8-11)19(17,18)15-13-5-3-4-6-14(13)16/h7-10,13-16H,2-6H2,1H3/t13-,14-/m0/s1. The number of aliphatic hydroxyl groups is 1. The molecule has 0 spiro atoms. The van der Waals surface area contributed by atoms with Crippen LogP contribution in [0.3, 0.4) is 0 Å².